The third-order valence-electron chi connectivity index (χ3n) is 5.10. The molecule has 3 N–H and O–H groups in total. The number of carboxylic acids is 1. The lowest BCUT2D eigenvalue weighted by molar-refractivity contribution is -0.144. The molecule has 1 aliphatic carbocycles. The van der Waals surface area contributed by atoms with Gasteiger partial charge in [0.1, 0.15) is 11.3 Å². The zero-order chi connectivity index (χ0) is 17.6. The van der Waals surface area contributed by atoms with Crippen LogP contribution >= 0.6 is 0 Å². The Balaban J connectivity index is 2.08. The van der Waals surface area contributed by atoms with E-state index in [-0.39, 0.29) is 5.92 Å². The number of unbranched alkanes of at least 4 members (excludes halogenated alkanes) is 5. The molecule has 1 atom stereocenters. The molecule has 134 valence electrons. The molecule has 0 radical (unpaired) electrons. The molecule has 4 heteroatoms. The summed E-state index contributed by atoms with van der Waals surface area (Å²) in [4.78, 5) is 11.9. The maximum atomic E-state index is 11.9. The zero-order valence-corrected chi connectivity index (χ0v) is 15.0. The molecule has 0 amide bonds. The molecule has 2 rings (SSSR count). The Morgan fingerprint density at radius 3 is 2.50 bits per heavy atom. The molecule has 24 heavy (non-hydrogen) atoms. The molecule has 1 saturated carbocycles. The number of benzene rings is 1. The van der Waals surface area contributed by atoms with Crippen LogP contribution in [0.2, 0.25) is 0 Å². The number of carboxylic acid groups (broad SMARTS) is 1. The van der Waals surface area contributed by atoms with Crippen molar-refractivity contribution in [2.45, 2.75) is 70.3 Å². The van der Waals surface area contributed by atoms with Crippen LogP contribution in [-0.2, 0) is 16.8 Å². The van der Waals surface area contributed by atoms with Crippen molar-refractivity contribution in [1.29, 1.82) is 0 Å². The summed E-state index contributed by atoms with van der Waals surface area (Å²) in [6, 6.07) is 5.86. The summed E-state index contributed by atoms with van der Waals surface area (Å²) in [6.07, 6.45) is 10.2. The Morgan fingerprint density at radius 2 is 1.92 bits per heavy atom. The number of rotatable bonds is 11. The first-order chi connectivity index (χ1) is 11.5. The van der Waals surface area contributed by atoms with Crippen LogP contribution < -0.4 is 10.5 Å². The van der Waals surface area contributed by atoms with Gasteiger partial charge in [-0.1, -0.05) is 45.1 Å². The summed E-state index contributed by atoms with van der Waals surface area (Å²) >= 11 is 0. The smallest absolute Gasteiger partial charge is 0.328 e. The van der Waals surface area contributed by atoms with E-state index in [9.17, 15) is 9.90 Å². The Hall–Kier alpha value is -1.55. The maximum absolute atomic E-state index is 11.9. The second-order valence-corrected chi connectivity index (χ2v) is 7.00. The van der Waals surface area contributed by atoms with Gasteiger partial charge in [0.05, 0.1) is 7.11 Å². The molecule has 0 spiro atoms. The summed E-state index contributed by atoms with van der Waals surface area (Å²) in [6.45, 7) is 2.22. The highest BCUT2D eigenvalue weighted by molar-refractivity contribution is 5.82. The minimum absolute atomic E-state index is 0.00759. The number of aliphatic carboxylic acids is 1. The molecule has 1 unspecified atom stereocenters. The van der Waals surface area contributed by atoms with E-state index in [1.807, 2.05) is 18.2 Å². The lowest BCUT2D eigenvalue weighted by Crippen LogP contribution is -2.47. The van der Waals surface area contributed by atoms with Crippen molar-refractivity contribution in [2.75, 3.05) is 7.11 Å². The minimum Gasteiger partial charge on any atom is -0.496 e. The van der Waals surface area contributed by atoms with E-state index in [4.69, 9.17) is 10.5 Å². The monoisotopic (exact) mass is 333 g/mol. The summed E-state index contributed by atoms with van der Waals surface area (Å²) in [5.74, 6) is -0.369. The van der Waals surface area contributed by atoms with Gasteiger partial charge in [0.2, 0.25) is 0 Å². The highest BCUT2D eigenvalue weighted by Crippen LogP contribution is 2.47. The fraction of sp³-hybridized carbons (Fsp3) is 0.650. The van der Waals surface area contributed by atoms with E-state index in [1.54, 1.807) is 7.11 Å². The largest absolute Gasteiger partial charge is 0.496 e. The Kier molecular flexibility index (Phi) is 6.67. The van der Waals surface area contributed by atoms with Crippen molar-refractivity contribution in [3.05, 3.63) is 29.3 Å². The van der Waals surface area contributed by atoms with Gasteiger partial charge in [-0.15, -0.1) is 0 Å². The maximum Gasteiger partial charge on any atom is 0.328 e. The van der Waals surface area contributed by atoms with E-state index in [1.165, 1.54) is 32.1 Å². The van der Waals surface area contributed by atoms with Gasteiger partial charge in [0.25, 0.3) is 0 Å². The molecule has 1 aliphatic rings. The van der Waals surface area contributed by atoms with Gasteiger partial charge >= 0.3 is 5.97 Å². The second-order valence-electron chi connectivity index (χ2n) is 7.00. The highest BCUT2D eigenvalue weighted by atomic mass is 16.5. The molecular weight excluding hydrogens is 302 g/mol. The van der Waals surface area contributed by atoms with E-state index < -0.39 is 11.5 Å². The Bertz CT molecular complexity index is 554. The average Bonchev–Trinajstić information content (AvgIpc) is 3.42. The standard InChI is InChI=1S/C20H31NO3/c1-3-4-5-6-7-8-9-15-10-13-18(24-2)17(14-15)20(21,19(22)23)16-11-12-16/h10,13-14,16H,3-9,11-12,21H2,1-2H3,(H,22,23). The number of hydrogen-bond donors (Lipinski definition) is 2. The third-order valence-corrected chi connectivity index (χ3v) is 5.10. The van der Waals surface area contributed by atoms with Crippen molar-refractivity contribution in [3.63, 3.8) is 0 Å². The third kappa shape index (κ3) is 4.29. The normalized spacial score (nSPS) is 16.6. The number of methoxy groups -OCH3 is 1. The topological polar surface area (TPSA) is 72.5 Å². The number of aryl methyl sites for hydroxylation is 1. The molecule has 0 saturated heterocycles. The molecule has 0 aromatic heterocycles. The molecule has 0 aliphatic heterocycles. The van der Waals surface area contributed by atoms with Gasteiger partial charge in [-0.25, -0.2) is 4.79 Å². The number of nitrogens with two attached hydrogens (primary N) is 1. The number of hydrogen-bond acceptors (Lipinski definition) is 3. The lowest BCUT2D eigenvalue weighted by Gasteiger charge is -2.27. The SMILES string of the molecule is CCCCCCCCc1ccc(OC)c(C(N)(C(=O)O)C2CC2)c1. The summed E-state index contributed by atoms with van der Waals surface area (Å²) in [7, 11) is 1.57. The second kappa shape index (κ2) is 8.52. The van der Waals surface area contributed by atoms with Crippen LogP contribution in [0.3, 0.4) is 0 Å². The molecule has 0 heterocycles. The van der Waals surface area contributed by atoms with E-state index >= 15 is 0 Å². The van der Waals surface area contributed by atoms with E-state index in [2.05, 4.69) is 6.92 Å². The van der Waals surface area contributed by atoms with Crippen LogP contribution in [0.15, 0.2) is 18.2 Å². The summed E-state index contributed by atoms with van der Waals surface area (Å²) in [5.41, 5.74) is 6.79. The van der Waals surface area contributed by atoms with Gasteiger partial charge in [0.15, 0.2) is 0 Å². The van der Waals surface area contributed by atoms with Gasteiger partial charge in [-0.3, -0.25) is 0 Å². The van der Waals surface area contributed by atoms with E-state index in [0.717, 1.165) is 31.2 Å². The van der Waals surface area contributed by atoms with Gasteiger partial charge in [0, 0.05) is 5.56 Å². The van der Waals surface area contributed by atoms with Crippen molar-refractivity contribution in [3.8, 4) is 5.75 Å². The van der Waals surface area contributed by atoms with Crippen molar-refractivity contribution in [2.24, 2.45) is 11.7 Å². The quantitative estimate of drug-likeness (QED) is 0.594. The fourth-order valence-electron chi connectivity index (χ4n) is 3.39. The van der Waals surface area contributed by atoms with Gasteiger partial charge in [-0.2, -0.15) is 0 Å². The summed E-state index contributed by atoms with van der Waals surface area (Å²) in [5, 5.41) is 9.72. The Morgan fingerprint density at radius 1 is 1.25 bits per heavy atom. The Labute approximate surface area is 145 Å². The van der Waals surface area contributed by atoms with Crippen LogP contribution in [0.25, 0.3) is 0 Å². The van der Waals surface area contributed by atoms with Crippen LogP contribution in [0.1, 0.15) is 69.4 Å². The first kappa shape index (κ1) is 18.8. The van der Waals surface area contributed by atoms with Crippen LogP contribution in [0.4, 0.5) is 0 Å². The predicted molar refractivity (Wildman–Crippen MR) is 96.3 cm³/mol. The van der Waals surface area contributed by atoms with Gasteiger partial charge in [-0.05, 0) is 49.3 Å². The zero-order valence-electron chi connectivity index (χ0n) is 15.0. The predicted octanol–water partition coefficient (Wildman–Crippen LogP) is 4.25. The fourth-order valence-corrected chi connectivity index (χ4v) is 3.39. The van der Waals surface area contributed by atoms with Crippen LogP contribution in [-0.4, -0.2) is 18.2 Å². The molecule has 1 aromatic carbocycles. The highest BCUT2D eigenvalue weighted by Gasteiger charge is 2.51. The molecular formula is C20H31NO3. The number of carbonyl (C=O) groups is 1. The van der Waals surface area contributed by atoms with Crippen molar-refractivity contribution < 1.29 is 14.6 Å². The molecule has 1 aromatic rings. The summed E-state index contributed by atoms with van der Waals surface area (Å²) < 4.78 is 5.40. The van der Waals surface area contributed by atoms with Crippen molar-refractivity contribution in [1.82, 2.24) is 0 Å². The minimum atomic E-state index is -1.33. The van der Waals surface area contributed by atoms with Crippen molar-refractivity contribution >= 4 is 5.97 Å². The van der Waals surface area contributed by atoms with Gasteiger partial charge < -0.3 is 15.6 Å². The average molecular weight is 333 g/mol. The molecule has 0 bridgehead atoms. The first-order valence-electron chi connectivity index (χ1n) is 9.23. The number of ether oxygens (including phenoxy) is 1. The van der Waals surface area contributed by atoms with Crippen LogP contribution in [0, 0.1) is 5.92 Å². The first-order valence-corrected chi connectivity index (χ1v) is 9.23. The molecule has 4 nitrogen and oxygen atoms in total. The lowest BCUT2D eigenvalue weighted by atomic mass is 9.84. The molecule has 1 fully saturated rings. The van der Waals surface area contributed by atoms with Crippen LogP contribution in [0.5, 0.6) is 5.75 Å². The van der Waals surface area contributed by atoms with E-state index in [0.29, 0.717) is 11.3 Å².